The van der Waals surface area contributed by atoms with E-state index in [1.807, 2.05) is 27.7 Å². The molecule has 0 saturated carbocycles. The van der Waals surface area contributed by atoms with Gasteiger partial charge in [-0.2, -0.15) is 0 Å². The molecule has 1 aromatic rings. The number of rotatable bonds is 6. The molecule has 1 rings (SSSR count). The minimum Gasteiger partial charge on any atom is -0.370 e. The van der Waals surface area contributed by atoms with Crippen molar-refractivity contribution in [1.82, 2.24) is 9.97 Å². The lowest BCUT2D eigenvalue weighted by atomic mass is 10.2. The van der Waals surface area contributed by atoms with Crippen LogP contribution in [0.1, 0.15) is 45.0 Å². The summed E-state index contributed by atoms with van der Waals surface area (Å²) in [6, 6.07) is -0.469. The Labute approximate surface area is 114 Å². The van der Waals surface area contributed by atoms with Crippen LogP contribution in [0, 0.1) is 6.92 Å². The number of nitrogens with zero attached hydrogens (tertiary/aromatic N) is 2. The first-order valence-electron chi connectivity index (χ1n) is 6.55. The van der Waals surface area contributed by atoms with Gasteiger partial charge in [0.05, 0.1) is 0 Å². The molecule has 19 heavy (non-hydrogen) atoms. The molecule has 0 aliphatic carbocycles. The molecular weight excluding hydrogens is 242 g/mol. The lowest BCUT2D eigenvalue weighted by Gasteiger charge is -2.18. The van der Waals surface area contributed by atoms with Gasteiger partial charge < -0.3 is 16.4 Å². The van der Waals surface area contributed by atoms with E-state index in [1.165, 1.54) is 0 Å². The molecule has 0 fully saturated rings. The molecule has 1 heterocycles. The summed E-state index contributed by atoms with van der Waals surface area (Å²) in [7, 11) is 0. The summed E-state index contributed by atoms with van der Waals surface area (Å²) in [5.41, 5.74) is 6.16. The Balaban J connectivity index is 3.17. The van der Waals surface area contributed by atoms with Crippen LogP contribution in [0.5, 0.6) is 0 Å². The van der Waals surface area contributed by atoms with Crippen molar-refractivity contribution in [3.05, 3.63) is 11.4 Å². The number of anilines is 2. The summed E-state index contributed by atoms with van der Waals surface area (Å²) in [6.45, 7) is 10.5. The molecule has 0 spiro atoms. The molecule has 0 aliphatic heterocycles. The van der Waals surface area contributed by atoms with E-state index in [-0.39, 0.29) is 5.92 Å². The zero-order valence-electron chi connectivity index (χ0n) is 12.2. The fourth-order valence-electron chi connectivity index (χ4n) is 1.55. The number of carbonyl (C=O) groups is 1. The molecule has 0 radical (unpaired) electrons. The number of carbonyl (C=O) groups excluding carboxylic acids is 1. The van der Waals surface area contributed by atoms with Gasteiger partial charge in [0, 0.05) is 18.0 Å². The van der Waals surface area contributed by atoms with Gasteiger partial charge in [-0.05, 0) is 20.8 Å². The first-order valence-corrected chi connectivity index (χ1v) is 6.55. The van der Waals surface area contributed by atoms with Crippen LogP contribution in [-0.4, -0.2) is 28.5 Å². The number of hydrogen-bond donors (Lipinski definition) is 3. The Morgan fingerprint density at radius 3 is 2.32 bits per heavy atom. The van der Waals surface area contributed by atoms with Crippen LogP contribution in [-0.2, 0) is 4.79 Å². The fourth-order valence-corrected chi connectivity index (χ4v) is 1.55. The van der Waals surface area contributed by atoms with Crippen LogP contribution in [0.25, 0.3) is 0 Å². The molecule has 0 saturated heterocycles. The summed E-state index contributed by atoms with van der Waals surface area (Å²) in [5, 5.41) is 6.24. The summed E-state index contributed by atoms with van der Waals surface area (Å²) < 4.78 is 0. The maximum absolute atomic E-state index is 11.1. The van der Waals surface area contributed by atoms with Gasteiger partial charge in [0.1, 0.15) is 23.5 Å². The van der Waals surface area contributed by atoms with Crippen LogP contribution in [0.4, 0.5) is 11.6 Å². The van der Waals surface area contributed by atoms with Gasteiger partial charge in [-0.15, -0.1) is 0 Å². The highest BCUT2D eigenvalue weighted by Gasteiger charge is 2.16. The topological polar surface area (TPSA) is 92.9 Å². The van der Waals surface area contributed by atoms with E-state index in [0.29, 0.717) is 5.82 Å². The monoisotopic (exact) mass is 265 g/mol. The SMILES string of the molecule is CCNc1nc(C(C)C)nc(NC(C)C(N)=O)c1C. The second-order valence-corrected chi connectivity index (χ2v) is 4.86. The lowest BCUT2D eigenvalue weighted by Crippen LogP contribution is -2.33. The van der Waals surface area contributed by atoms with Gasteiger partial charge in [0.15, 0.2) is 0 Å². The minimum atomic E-state index is -0.469. The summed E-state index contributed by atoms with van der Waals surface area (Å²) in [6.07, 6.45) is 0. The average molecular weight is 265 g/mol. The minimum absolute atomic E-state index is 0.211. The Bertz CT molecular complexity index is 459. The Morgan fingerprint density at radius 2 is 1.84 bits per heavy atom. The molecule has 4 N–H and O–H groups in total. The normalized spacial score (nSPS) is 12.3. The first kappa shape index (κ1) is 15.2. The number of nitrogens with one attached hydrogen (secondary N) is 2. The highest BCUT2D eigenvalue weighted by atomic mass is 16.1. The van der Waals surface area contributed by atoms with Gasteiger partial charge >= 0.3 is 0 Å². The quantitative estimate of drug-likeness (QED) is 0.727. The maximum Gasteiger partial charge on any atom is 0.239 e. The van der Waals surface area contributed by atoms with Gasteiger partial charge in [-0.25, -0.2) is 9.97 Å². The molecule has 0 bridgehead atoms. The zero-order valence-corrected chi connectivity index (χ0v) is 12.2. The van der Waals surface area contributed by atoms with E-state index in [0.717, 1.165) is 23.8 Å². The van der Waals surface area contributed by atoms with Crippen LogP contribution >= 0.6 is 0 Å². The Morgan fingerprint density at radius 1 is 1.26 bits per heavy atom. The van der Waals surface area contributed by atoms with Gasteiger partial charge in [0.25, 0.3) is 0 Å². The Hall–Kier alpha value is -1.85. The van der Waals surface area contributed by atoms with Gasteiger partial charge in [-0.3, -0.25) is 4.79 Å². The van der Waals surface area contributed by atoms with E-state index in [9.17, 15) is 4.79 Å². The third-order valence-corrected chi connectivity index (χ3v) is 2.80. The first-order chi connectivity index (χ1) is 8.86. The molecule has 0 aromatic carbocycles. The van der Waals surface area contributed by atoms with E-state index < -0.39 is 11.9 Å². The molecule has 6 nitrogen and oxygen atoms in total. The maximum atomic E-state index is 11.1. The zero-order chi connectivity index (χ0) is 14.6. The highest BCUT2D eigenvalue weighted by Crippen LogP contribution is 2.23. The summed E-state index contributed by atoms with van der Waals surface area (Å²) >= 11 is 0. The third kappa shape index (κ3) is 3.81. The number of amides is 1. The third-order valence-electron chi connectivity index (χ3n) is 2.80. The summed E-state index contributed by atoms with van der Waals surface area (Å²) in [4.78, 5) is 20.1. The number of hydrogen-bond acceptors (Lipinski definition) is 5. The van der Waals surface area contributed by atoms with Crippen LogP contribution in [0.3, 0.4) is 0 Å². The average Bonchev–Trinajstić information content (AvgIpc) is 2.33. The van der Waals surface area contributed by atoms with Gasteiger partial charge in [-0.1, -0.05) is 13.8 Å². The molecular formula is C13H23N5O. The molecule has 106 valence electrons. The van der Waals surface area contributed by atoms with Gasteiger partial charge in [0.2, 0.25) is 5.91 Å². The smallest absolute Gasteiger partial charge is 0.239 e. The predicted octanol–water partition coefficient (Wildman–Crippen LogP) is 1.63. The van der Waals surface area contributed by atoms with Crippen LogP contribution < -0.4 is 16.4 Å². The number of aromatic nitrogens is 2. The van der Waals surface area contributed by atoms with Crippen LogP contribution in [0.2, 0.25) is 0 Å². The van der Waals surface area contributed by atoms with Crippen molar-refractivity contribution in [2.75, 3.05) is 17.2 Å². The highest BCUT2D eigenvalue weighted by molar-refractivity contribution is 5.82. The van der Waals surface area contributed by atoms with Crippen LogP contribution in [0.15, 0.2) is 0 Å². The Kier molecular flexibility index (Phi) is 5.09. The van der Waals surface area contributed by atoms with Crippen molar-refractivity contribution in [2.45, 2.75) is 46.6 Å². The van der Waals surface area contributed by atoms with Crippen molar-refractivity contribution < 1.29 is 4.79 Å². The second kappa shape index (κ2) is 6.36. The molecule has 1 unspecified atom stereocenters. The molecule has 6 heteroatoms. The van der Waals surface area contributed by atoms with Crippen molar-refractivity contribution in [3.8, 4) is 0 Å². The lowest BCUT2D eigenvalue weighted by molar-refractivity contribution is -0.118. The van der Waals surface area contributed by atoms with Crippen molar-refractivity contribution >= 4 is 17.5 Å². The molecule has 1 aromatic heterocycles. The molecule has 1 atom stereocenters. The fraction of sp³-hybridized carbons (Fsp3) is 0.615. The number of primary amides is 1. The van der Waals surface area contributed by atoms with E-state index in [4.69, 9.17) is 5.73 Å². The predicted molar refractivity (Wildman–Crippen MR) is 77.3 cm³/mol. The number of nitrogens with two attached hydrogens (primary N) is 1. The van der Waals surface area contributed by atoms with Crippen molar-refractivity contribution in [3.63, 3.8) is 0 Å². The van der Waals surface area contributed by atoms with Crippen molar-refractivity contribution in [2.24, 2.45) is 5.73 Å². The molecule has 1 amide bonds. The van der Waals surface area contributed by atoms with E-state index in [1.54, 1.807) is 6.92 Å². The molecule has 0 aliphatic rings. The van der Waals surface area contributed by atoms with Crippen molar-refractivity contribution in [1.29, 1.82) is 0 Å². The van der Waals surface area contributed by atoms with E-state index >= 15 is 0 Å². The van der Waals surface area contributed by atoms with E-state index in [2.05, 4.69) is 20.6 Å². The summed E-state index contributed by atoms with van der Waals surface area (Å²) in [5.74, 6) is 1.98. The second-order valence-electron chi connectivity index (χ2n) is 4.86. The standard InChI is InChI=1S/C13H23N5O/c1-6-15-12-8(4)13(16-9(5)10(14)19)18-11(17-12)7(2)3/h7,9H,6H2,1-5H3,(H2,14,19)(H2,15,16,17,18). The largest absolute Gasteiger partial charge is 0.370 e.